The maximum absolute atomic E-state index is 12.1. The van der Waals surface area contributed by atoms with Crippen LogP contribution in [0.1, 0.15) is 0 Å². The Kier molecular flexibility index (Phi) is 3.58. The maximum Gasteiger partial charge on any atom is 0.405 e. The van der Waals surface area contributed by atoms with E-state index in [2.05, 4.69) is 9.97 Å². The number of aromatic amines is 1. The summed E-state index contributed by atoms with van der Waals surface area (Å²) < 4.78 is 36.3. The third-order valence-electron chi connectivity index (χ3n) is 1.56. The Labute approximate surface area is 96.6 Å². The SMILES string of the molecule is CN(CC(F)(F)F)c1nc[nH]c(=O)c1I. The van der Waals surface area contributed by atoms with Gasteiger partial charge in [0.15, 0.2) is 0 Å². The molecule has 0 fully saturated rings. The zero-order chi connectivity index (χ0) is 11.6. The van der Waals surface area contributed by atoms with Crippen LogP contribution in [0.2, 0.25) is 0 Å². The highest BCUT2D eigenvalue weighted by atomic mass is 127. The number of hydrogen-bond donors (Lipinski definition) is 1. The first kappa shape index (κ1) is 12.3. The molecule has 1 aromatic heterocycles. The largest absolute Gasteiger partial charge is 0.405 e. The molecule has 0 aliphatic heterocycles. The summed E-state index contributed by atoms with van der Waals surface area (Å²) in [6.07, 6.45) is -3.24. The van der Waals surface area contributed by atoms with Gasteiger partial charge in [0, 0.05) is 7.05 Å². The molecule has 0 radical (unpaired) electrons. The molecule has 4 nitrogen and oxygen atoms in total. The van der Waals surface area contributed by atoms with Crippen LogP contribution in [-0.2, 0) is 0 Å². The topological polar surface area (TPSA) is 49.0 Å². The van der Waals surface area contributed by atoms with Gasteiger partial charge >= 0.3 is 6.18 Å². The normalized spacial score (nSPS) is 11.5. The van der Waals surface area contributed by atoms with Gasteiger partial charge in [0.05, 0.1) is 6.33 Å². The van der Waals surface area contributed by atoms with Crippen LogP contribution in [0.5, 0.6) is 0 Å². The molecular formula is C7H7F3IN3O. The average molecular weight is 333 g/mol. The molecule has 1 N–H and O–H groups in total. The smallest absolute Gasteiger partial charge is 0.349 e. The van der Waals surface area contributed by atoms with Crippen LogP contribution in [-0.4, -0.2) is 29.7 Å². The molecule has 15 heavy (non-hydrogen) atoms. The van der Waals surface area contributed by atoms with E-state index in [1.165, 1.54) is 7.05 Å². The van der Waals surface area contributed by atoms with Crippen molar-refractivity contribution in [3.05, 3.63) is 20.3 Å². The van der Waals surface area contributed by atoms with E-state index in [1.54, 1.807) is 22.6 Å². The third kappa shape index (κ3) is 3.36. The van der Waals surface area contributed by atoms with E-state index in [4.69, 9.17) is 0 Å². The second kappa shape index (κ2) is 4.37. The second-order valence-electron chi connectivity index (χ2n) is 2.84. The van der Waals surface area contributed by atoms with Gasteiger partial charge in [0.2, 0.25) is 0 Å². The zero-order valence-electron chi connectivity index (χ0n) is 7.60. The summed E-state index contributed by atoms with van der Waals surface area (Å²) in [5, 5.41) is 0. The summed E-state index contributed by atoms with van der Waals surface area (Å²) in [5.41, 5.74) is -0.449. The summed E-state index contributed by atoms with van der Waals surface area (Å²) in [6.45, 7) is -1.14. The van der Waals surface area contributed by atoms with E-state index < -0.39 is 18.3 Å². The lowest BCUT2D eigenvalue weighted by Crippen LogP contribution is -2.33. The Hall–Kier alpha value is -0.800. The molecule has 1 aromatic rings. The van der Waals surface area contributed by atoms with Crippen molar-refractivity contribution in [2.75, 3.05) is 18.5 Å². The molecule has 1 heterocycles. The third-order valence-corrected chi connectivity index (χ3v) is 2.53. The number of aromatic nitrogens is 2. The van der Waals surface area contributed by atoms with Crippen molar-refractivity contribution in [3.63, 3.8) is 0 Å². The van der Waals surface area contributed by atoms with Crippen LogP contribution < -0.4 is 10.5 Å². The second-order valence-corrected chi connectivity index (χ2v) is 3.92. The molecule has 84 valence electrons. The molecule has 1 rings (SSSR count). The molecule has 0 aromatic carbocycles. The summed E-state index contributed by atoms with van der Waals surface area (Å²) in [7, 11) is 1.23. The average Bonchev–Trinajstić information content (AvgIpc) is 2.06. The van der Waals surface area contributed by atoms with Crippen LogP contribution >= 0.6 is 22.6 Å². The quantitative estimate of drug-likeness (QED) is 0.832. The predicted molar refractivity (Wildman–Crippen MR) is 56.9 cm³/mol. The summed E-state index contributed by atoms with van der Waals surface area (Å²) in [4.78, 5) is 17.9. The number of rotatable bonds is 2. The van der Waals surface area contributed by atoms with Crippen molar-refractivity contribution >= 4 is 28.4 Å². The molecule has 0 saturated carbocycles. The van der Waals surface area contributed by atoms with Crippen molar-refractivity contribution in [2.45, 2.75) is 6.18 Å². The fraction of sp³-hybridized carbons (Fsp3) is 0.429. The number of nitrogens with one attached hydrogen (secondary N) is 1. The van der Waals surface area contributed by atoms with E-state index in [-0.39, 0.29) is 9.39 Å². The monoisotopic (exact) mass is 333 g/mol. The zero-order valence-corrected chi connectivity index (χ0v) is 9.76. The Balaban J connectivity index is 2.97. The molecule has 0 atom stereocenters. The molecular weight excluding hydrogens is 326 g/mol. The first-order valence-corrected chi connectivity index (χ1v) is 4.90. The van der Waals surface area contributed by atoms with Gasteiger partial charge < -0.3 is 9.88 Å². The van der Waals surface area contributed by atoms with Gasteiger partial charge in [-0.05, 0) is 22.6 Å². The van der Waals surface area contributed by atoms with Crippen molar-refractivity contribution < 1.29 is 13.2 Å². The molecule has 0 aliphatic rings. The lowest BCUT2D eigenvalue weighted by atomic mass is 10.5. The minimum absolute atomic E-state index is 0.0247. The number of hydrogen-bond acceptors (Lipinski definition) is 3. The highest BCUT2D eigenvalue weighted by molar-refractivity contribution is 14.1. The van der Waals surface area contributed by atoms with Gasteiger partial charge in [0.25, 0.3) is 5.56 Å². The van der Waals surface area contributed by atoms with Gasteiger partial charge in [0.1, 0.15) is 15.9 Å². The fourth-order valence-corrected chi connectivity index (χ4v) is 1.69. The number of halogens is 4. The Morgan fingerprint density at radius 1 is 1.60 bits per heavy atom. The molecule has 0 amide bonds. The lowest BCUT2D eigenvalue weighted by molar-refractivity contribution is -0.119. The van der Waals surface area contributed by atoms with Gasteiger partial charge in [-0.25, -0.2) is 4.98 Å². The van der Waals surface area contributed by atoms with Gasteiger partial charge in [-0.3, -0.25) is 4.79 Å². The minimum atomic E-state index is -4.32. The number of nitrogens with zero attached hydrogens (tertiary/aromatic N) is 2. The van der Waals surface area contributed by atoms with Crippen molar-refractivity contribution in [1.82, 2.24) is 9.97 Å². The van der Waals surface area contributed by atoms with Crippen LogP contribution in [0.25, 0.3) is 0 Å². The van der Waals surface area contributed by atoms with Gasteiger partial charge in [-0.1, -0.05) is 0 Å². The molecule has 0 aliphatic carbocycles. The van der Waals surface area contributed by atoms with Crippen LogP contribution in [0.4, 0.5) is 19.0 Å². The standard InChI is InChI=1S/C7H7F3IN3O/c1-14(2-7(8,9)10)5-4(11)6(15)13-3-12-5/h3H,2H2,1H3,(H,12,13,15). The number of H-pyrrole nitrogens is 1. The molecule has 0 unspecified atom stereocenters. The number of anilines is 1. The van der Waals surface area contributed by atoms with Crippen molar-refractivity contribution in [2.24, 2.45) is 0 Å². The minimum Gasteiger partial charge on any atom is -0.349 e. The molecule has 0 saturated heterocycles. The maximum atomic E-state index is 12.1. The molecule has 8 heteroatoms. The van der Waals surface area contributed by atoms with Crippen LogP contribution in [0, 0.1) is 3.57 Å². The Bertz CT molecular complexity index is 403. The Morgan fingerprint density at radius 3 is 2.73 bits per heavy atom. The molecule has 0 bridgehead atoms. The first-order valence-electron chi connectivity index (χ1n) is 3.82. The van der Waals surface area contributed by atoms with Crippen LogP contribution in [0.3, 0.4) is 0 Å². The van der Waals surface area contributed by atoms with E-state index in [1.807, 2.05) is 0 Å². The van der Waals surface area contributed by atoms with E-state index in [0.29, 0.717) is 0 Å². The fourth-order valence-electron chi connectivity index (χ4n) is 0.984. The highest BCUT2D eigenvalue weighted by Crippen LogP contribution is 2.20. The van der Waals surface area contributed by atoms with Crippen LogP contribution in [0.15, 0.2) is 11.1 Å². The van der Waals surface area contributed by atoms with Crippen molar-refractivity contribution in [1.29, 1.82) is 0 Å². The van der Waals surface area contributed by atoms with E-state index >= 15 is 0 Å². The summed E-state index contributed by atoms with van der Waals surface area (Å²) in [5.74, 6) is 0.0247. The first-order chi connectivity index (χ1) is 6.81. The van der Waals surface area contributed by atoms with Crippen molar-refractivity contribution in [3.8, 4) is 0 Å². The lowest BCUT2D eigenvalue weighted by Gasteiger charge is -2.20. The predicted octanol–water partition coefficient (Wildman–Crippen LogP) is 1.37. The van der Waals surface area contributed by atoms with E-state index in [9.17, 15) is 18.0 Å². The number of alkyl halides is 3. The highest BCUT2D eigenvalue weighted by Gasteiger charge is 2.30. The Morgan fingerprint density at radius 2 is 2.20 bits per heavy atom. The molecule has 0 spiro atoms. The summed E-state index contributed by atoms with van der Waals surface area (Å²) in [6, 6.07) is 0. The summed E-state index contributed by atoms with van der Waals surface area (Å²) >= 11 is 1.66. The van der Waals surface area contributed by atoms with E-state index in [0.717, 1.165) is 11.2 Å². The van der Waals surface area contributed by atoms with Gasteiger partial charge in [-0.2, -0.15) is 13.2 Å². The van der Waals surface area contributed by atoms with Gasteiger partial charge in [-0.15, -0.1) is 0 Å².